The van der Waals surface area contributed by atoms with Crippen LogP contribution in [0.3, 0.4) is 0 Å². The fourth-order valence-electron chi connectivity index (χ4n) is 1.19. The molecule has 0 unspecified atom stereocenters. The molecule has 0 saturated carbocycles. The van der Waals surface area contributed by atoms with Crippen molar-refractivity contribution < 1.29 is 9.18 Å². The molecule has 0 atom stereocenters. The summed E-state index contributed by atoms with van der Waals surface area (Å²) in [4.78, 5) is 11.7. The molecule has 0 fully saturated rings. The Labute approximate surface area is 105 Å². The zero-order valence-corrected chi connectivity index (χ0v) is 10.8. The Morgan fingerprint density at radius 1 is 1.29 bits per heavy atom. The monoisotopic (exact) mass is 254 g/mol. The number of rotatable bonds is 1. The lowest BCUT2D eigenvalue weighted by Crippen LogP contribution is -2.48. The molecule has 0 heterocycles. The Kier molecular flexibility index (Phi) is 4.17. The molecular formula is C12H15FN2OS. The van der Waals surface area contributed by atoms with Crippen LogP contribution in [0.15, 0.2) is 24.3 Å². The van der Waals surface area contributed by atoms with Gasteiger partial charge in [-0.05, 0) is 45.1 Å². The third-order valence-electron chi connectivity index (χ3n) is 1.83. The van der Waals surface area contributed by atoms with Crippen LogP contribution in [0.5, 0.6) is 0 Å². The van der Waals surface area contributed by atoms with Crippen LogP contribution in [0.4, 0.5) is 4.39 Å². The number of nitrogens with one attached hydrogen (secondary N) is 2. The Morgan fingerprint density at radius 2 is 1.88 bits per heavy atom. The van der Waals surface area contributed by atoms with E-state index in [0.717, 1.165) is 0 Å². The molecule has 0 radical (unpaired) electrons. The Morgan fingerprint density at radius 3 is 2.41 bits per heavy atom. The second-order valence-electron chi connectivity index (χ2n) is 4.64. The molecule has 0 aliphatic rings. The Hall–Kier alpha value is -1.49. The van der Waals surface area contributed by atoms with Crippen molar-refractivity contribution in [2.45, 2.75) is 26.3 Å². The van der Waals surface area contributed by atoms with Crippen molar-refractivity contribution in [3.63, 3.8) is 0 Å². The van der Waals surface area contributed by atoms with Gasteiger partial charge in [0.1, 0.15) is 5.82 Å². The van der Waals surface area contributed by atoms with E-state index in [1.165, 1.54) is 18.2 Å². The first-order valence-corrected chi connectivity index (χ1v) is 5.58. The molecule has 1 aromatic rings. The lowest BCUT2D eigenvalue weighted by Gasteiger charge is -2.22. The topological polar surface area (TPSA) is 41.1 Å². The van der Waals surface area contributed by atoms with E-state index in [-0.39, 0.29) is 16.2 Å². The quantitative estimate of drug-likeness (QED) is 0.755. The minimum Gasteiger partial charge on any atom is -0.358 e. The maximum Gasteiger partial charge on any atom is 0.260 e. The number of amides is 1. The van der Waals surface area contributed by atoms with Crippen LogP contribution < -0.4 is 10.6 Å². The van der Waals surface area contributed by atoms with Crippen LogP contribution in [0, 0.1) is 5.82 Å². The van der Waals surface area contributed by atoms with Crippen LogP contribution in [-0.4, -0.2) is 16.6 Å². The summed E-state index contributed by atoms with van der Waals surface area (Å²) in [7, 11) is 0. The SMILES string of the molecule is CC(C)(C)NC(=S)NC(=O)c1ccccc1F. The molecule has 1 rings (SSSR count). The maximum atomic E-state index is 13.3. The summed E-state index contributed by atoms with van der Waals surface area (Å²) in [6.45, 7) is 5.73. The summed E-state index contributed by atoms with van der Waals surface area (Å²) in [6.07, 6.45) is 0. The van der Waals surface area contributed by atoms with E-state index >= 15 is 0 Å². The van der Waals surface area contributed by atoms with Gasteiger partial charge in [-0.25, -0.2) is 4.39 Å². The van der Waals surface area contributed by atoms with E-state index in [2.05, 4.69) is 10.6 Å². The van der Waals surface area contributed by atoms with Gasteiger partial charge in [0.2, 0.25) is 0 Å². The summed E-state index contributed by atoms with van der Waals surface area (Å²) in [5.41, 5.74) is -0.273. The second-order valence-corrected chi connectivity index (χ2v) is 5.05. The number of carbonyl (C=O) groups excluding carboxylic acids is 1. The van der Waals surface area contributed by atoms with Crippen LogP contribution in [0.2, 0.25) is 0 Å². The van der Waals surface area contributed by atoms with Gasteiger partial charge in [0, 0.05) is 5.54 Å². The normalized spacial score (nSPS) is 10.8. The van der Waals surface area contributed by atoms with Crippen molar-refractivity contribution in [2.75, 3.05) is 0 Å². The van der Waals surface area contributed by atoms with E-state index in [4.69, 9.17) is 12.2 Å². The standard InChI is InChI=1S/C12H15FN2OS/c1-12(2,3)15-11(17)14-10(16)8-6-4-5-7-9(8)13/h4-7H,1-3H3,(H2,14,15,16,17). The molecule has 92 valence electrons. The molecule has 0 saturated heterocycles. The van der Waals surface area contributed by atoms with Gasteiger partial charge in [0.05, 0.1) is 5.56 Å². The molecule has 0 aliphatic heterocycles. The van der Waals surface area contributed by atoms with Crippen LogP contribution in [-0.2, 0) is 0 Å². The molecule has 0 aliphatic carbocycles. The van der Waals surface area contributed by atoms with Crippen molar-refractivity contribution in [1.29, 1.82) is 0 Å². The molecule has 0 spiro atoms. The predicted molar refractivity (Wildman–Crippen MR) is 69.4 cm³/mol. The van der Waals surface area contributed by atoms with E-state index in [1.54, 1.807) is 6.07 Å². The summed E-state index contributed by atoms with van der Waals surface area (Å²) in [6, 6.07) is 5.76. The number of hydrogen-bond donors (Lipinski definition) is 2. The van der Waals surface area contributed by atoms with Gasteiger partial charge in [-0.2, -0.15) is 0 Å². The van der Waals surface area contributed by atoms with Crippen molar-refractivity contribution in [2.24, 2.45) is 0 Å². The molecule has 17 heavy (non-hydrogen) atoms. The average molecular weight is 254 g/mol. The molecular weight excluding hydrogens is 239 g/mol. The van der Waals surface area contributed by atoms with Gasteiger partial charge in [0.15, 0.2) is 5.11 Å². The highest BCUT2D eigenvalue weighted by Gasteiger charge is 2.15. The molecule has 0 bridgehead atoms. The first kappa shape index (κ1) is 13.6. The zero-order valence-electron chi connectivity index (χ0n) is 10.0. The van der Waals surface area contributed by atoms with Crippen molar-refractivity contribution in [1.82, 2.24) is 10.6 Å². The third-order valence-corrected chi connectivity index (χ3v) is 2.04. The summed E-state index contributed by atoms with van der Waals surface area (Å²) in [5, 5.41) is 5.54. The number of thiocarbonyl (C=S) groups is 1. The Bertz CT molecular complexity index is 440. The highest BCUT2D eigenvalue weighted by Crippen LogP contribution is 2.06. The zero-order chi connectivity index (χ0) is 13.1. The predicted octanol–water partition coefficient (Wildman–Crippen LogP) is 2.23. The average Bonchev–Trinajstić information content (AvgIpc) is 2.14. The minimum atomic E-state index is -0.566. The largest absolute Gasteiger partial charge is 0.358 e. The van der Waals surface area contributed by atoms with Gasteiger partial charge in [-0.15, -0.1) is 0 Å². The van der Waals surface area contributed by atoms with E-state index in [0.29, 0.717) is 0 Å². The second kappa shape index (κ2) is 5.23. The number of halogens is 1. The maximum absolute atomic E-state index is 13.3. The smallest absolute Gasteiger partial charge is 0.260 e. The highest BCUT2D eigenvalue weighted by molar-refractivity contribution is 7.80. The van der Waals surface area contributed by atoms with Gasteiger partial charge in [-0.1, -0.05) is 12.1 Å². The number of benzene rings is 1. The van der Waals surface area contributed by atoms with Crippen LogP contribution in [0.1, 0.15) is 31.1 Å². The highest BCUT2D eigenvalue weighted by atomic mass is 32.1. The van der Waals surface area contributed by atoms with Crippen molar-refractivity contribution in [3.05, 3.63) is 35.6 Å². The van der Waals surface area contributed by atoms with Crippen LogP contribution >= 0.6 is 12.2 Å². The van der Waals surface area contributed by atoms with E-state index < -0.39 is 11.7 Å². The third kappa shape index (κ3) is 4.48. The molecule has 5 heteroatoms. The first-order valence-electron chi connectivity index (χ1n) is 5.17. The van der Waals surface area contributed by atoms with Gasteiger partial charge >= 0.3 is 0 Å². The fourth-order valence-corrected chi connectivity index (χ4v) is 1.59. The number of carbonyl (C=O) groups is 1. The first-order chi connectivity index (χ1) is 7.79. The summed E-state index contributed by atoms with van der Waals surface area (Å²) in [5.74, 6) is -1.12. The Balaban J connectivity index is 2.68. The fraction of sp³-hybridized carbons (Fsp3) is 0.333. The molecule has 0 aromatic heterocycles. The van der Waals surface area contributed by atoms with Crippen molar-refractivity contribution >= 4 is 23.2 Å². The summed E-state index contributed by atoms with van der Waals surface area (Å²) >= 11 is 4.96. The van der Waals surface area contributed by atoms with Crippen LogP contribution in [0.25, 0.3) is 0 Å². The van der Waals surface area contributed by atoms with Gasteiger partial charge < -0.3 is 5.32 Å². The van der Waals surface area contributed by atoms with Gasteiger partial charge in [0.25, 0.3) is 5.91 Å². The van der Waals surface area contributed by atoms with E-state index in [9.17, 15) is 9.18 Å². The number of hydrogen-bond acceptors (Lipinski definition) is 2. The van der Waals surface area contributed by atoms with Crippen molar-refractivity contribution in [3.8, 4) is 0 Å². The van der Waals surface area contributed by atoms with Gasteiger partial charge in [-0.3, -0.25) is 10.1 Å². The minimum absolute atomic E-state index is 0.0226. The lowest BCUT2D eigenvalue weighted by atomic mass is 10.1. The molecule has 2 N–H and O–H groups in total. The molecule has 1 aromatic carbocycles. The lowest BCUT2D eigenvalue weighted by molar-refractivity contribution is 0.0972. The summed E-state index contributed by atoms with van der Waals surface area (Å²) < 4.78 is 13.3. The molecule has 1 amide bonds. The van der Waals surface area contributed by atoms with E-state index in [1.807, 2.05) is 20.8 Å². The molecule has 3 nitrogen and oxygen atoms in total.